The van der Waals surface area contributed by atoms with E-state index in [1.807, 2.05) is 24.3 Å². The summed E-state index contributed by atoms with van der Waals surface area (Å²) in [7, 11) is 3.72. The van der Waals surface area contributed by atoms with Crippen molar-refractivity contribution in [2.45, 2.75) is 13.5 Å². The van der Waals surface area contributed by atoms with Gasteiger partial charge >= 0.3 is 0 Å². The highest BCUT2D eigenvalue weighted by Gasteiger charge is 2.09. The molecule has 0 radical (unpaired) electrons. The van der Waals surface area contributed by atoms with Gasteiger partial charge in [0.05, 0.1) is 7.11 Å². The maximum Gasteiger partial charge on any atom is 0.119 e. The van der Waals surface area contributed by atoms with E-state index in [2.05, 4.69) is 37.1 Å². The van der Waals surface area contributed by atoms with Crippen LogP contribution in [0.25, 0.3) is 0 Å². The number of rotatable bonds is 4. The van der Waals surface area contributed by atoms with E-state index in [0.717, 1.165) is 22.7 Å². The fraction of sp³-hybridized carbons (Fsp3) is 0.250. The highest BCUT2D eigenvalue weighted by atomic mass is 16.5. The SMILES string of the molecule is COc1ccc(N(C)c2cc(C)ccc2CN)cc1. The molecule has 0 aliphatic heterocycles. The predicted molar refractivity (Wildman–Crippen MR) is 80.1 cm³/mol. The summed E-state index contributed by atoms with van der Waals surface area (Å²) < 4.78 is 5.18. The lowest BCUT2D eigenvalue weighted by molar-refractivity contribution is 0.415. The Morgan fingerprint density at radius 1 is 1.11 bits per heavy atom. The second-order valence-electron chi connectivity index (χ2n) is 4.59. The molecular formula is C16H20N2O. The lowest BCUT2D eigenvalue weighted by Crippen LogP contribution is -2.13. The van der Waals surface area contributed by atoms with Crippen LogP contribution in [0.15, 0.2) is 42.5 Å². The summed E-state index contributed by atoms with van der Waals surface area (Å²) in [6.45, 7) is 2.63. The molecule has 19 heavy (non-hydrogen) atoms. The monoisotopic (exact) mass is 256 g/mol. The number of anilines is 2. The third-order valence-electron chi connectivity index (χ3n) is 3.28. The molecule has 0 aliphatic carbocycles. The van der Waals surface area contributed by atoms with Crippen LogP contribution in [0.5, 0.6) is 5.75 Å². The third-order valence-corrected chi connectivity index (χ3v) is 3.28. The van der Waals surface area contributed by atoms with Gasteiger partial charge in [-0.15, -0.1) is 0 Å². The number of ether oxygens (including phenoxy) is 1. The van der Waals surface area contributed by atoms with Crippen LogP contribution in [-0.4, -0.2) is 14.2 Å². The molecule has 0 atom stereocenters. The van der Waals surface area contributed by atoms with Gasteiger partial charge in [0.1, 0.15) is 5.75 Å². The molecule has 2 aromatic rings. The Kier molecular flexibility index (Phi) is 4.07. The Hall–Kier alpha value is -2.00. The lowest BCUT2D eigenvalue weighted by Gasteiger charge is -2.23. The lowest BCUT2D eigenvalue weighted by atomic mass is 10.1. The highest BCUT2D eigenvalue weighted by Crippen LogP contribution is 2.29. The molecule has 2 aromatic carbocycles. The van der Waals surface area contributed by atoms with Crippen molar-refractivity contribution in [3.8, 4) is 5.75 Å². The van der Waals surface area contributed by atoms with Crippen LogP contribution >= 0.6 is 0 Å². The molecule has 2 rings (SSSR count). The maximum atomic E-state index is 5.82. The molecule has 0 bridgehead atoms. The van der Waals surface area contributed by atoms with E-state index in [1.165, 1.54) is 5.56 Å². The van der Waals surface area contributed by atoms with Crippen LogP contribution in [0.1, 0.15) is 11.1 Å². The number of benzene rings is 2. The molecule has 3 nitrogen and oxygen atoms in total. The van der Waals surface area contributed by atoms with Crippen molar-refractivity contribution in [3.63, 3.8) is 0 Å². The van der Waals surface area contributed by atoms with E-state index in [-0.39, 0.29) is 0 Å². The van der Waals surface area contributed by atoms with Gasteiger partial charge < -0.3 is 15.4 Å². The molecule has 100 valence electrons. The van der Waals surface area contributed by atoms with Crippen molar-refractivity contribution < 1.29 is 4.74 Å². The summed E-state index contributed by atoms with van der Waals surface area (Å²) in [6, 6.07) is 14.3. The van der Waals surface area contributed by atoms with Crippen LogP contribution in [0.4, 0.5) is 11.4 Å². The van der Waals surface area contributed by atoms with Crippen molar-refractivity contribution in [1.29, 1.82) is 0 Å². The smallest absolute Gasteiger partial charge is 0.119 e. The molecule has 0 heterocycles. The Morgan fingerprint density at radius 2 is 1.79 bits per heavy atom. The molecule has 0 saturated carbocycles. The summed E-state index contributed by atoms with van der Waals surface area (Å²) in [4.78, 5) is 2.15. The van der Waals surface area contributed by atoms with E-state index in [0.29, 0.717) is 6.54 Å². The van der Waals surface area contributed by atoms with Gasteiger partial charge in [-0.1, -0.05) is 12.1 Å². The minimum Gasteiger partial charge on any atom is -0.497 e. The zero-order chi connectivity index (χ0) is 13.8. The summed E-state index contributed by atoms with van der Waals surface area (Å²) in [5.74, 6) is 0.862. The van der Waals surface area contributed by atoms with Crippen LogP contribution < -0.4 is 15.4 Å². The van der Waals surface area contributed by atoms with Crippen molar-refractivity contribution in [2.24, 2.45) is 5.73 Å². The maximum absolute atomic E-state index is 5.82. The van der Waals surface area contributed by atoms with Gasteiger partial charge in [0.2, 0.25) is 0 Å². The average molecular weight is 256 g/mol. The Balaban J connectivity index is 2.36. The summed E-state index contributed by atoms with van der Waals surface area (Å²) in [5.41, 5.74) is 10.4. The first-order valence-electron chi connectivity index (χ1n) is 6.33. The third kappa shape index (κ3) is 2.88. The van der Waals surface area contributed by atoms with Gasteiger partial charge in [0.25, 0.3) is 0 Å². The summed E-state index contributed by atoms with van der Waals surface area (Å²) in [5, 5.41) is 0. The van der Waals surface area contributed by atoms with Gasteiger partial charge in [0, 0.05) is 25.0 Å². The molecule has 0 amide bonds. The summed E-state index contributed by atoms with van der Waals surface area (Å²) in [6.07, 6.45) is 0. The molecule has 0 fully saturated rings. The second-order valence-corrected chi connectivity index (χ2v) is 4.59. The Morgan fingerprint density at radius 3 is 2.37 bits per heavy atom. The number of aryl methyl sites for hydroxylation is 1. The van der Waals surface area contributed by atoms with Crippen molar-refractivity contribution in [2.75, 3.05) is 19.1 Å². The first-order chi connectivity index (χ1) is 9.15. The number of hydrogen-bond acceptors (Lipinski definition) is 3. The zero-order valence-electron chi connectivity index (χ0n) is 11.7. The normalized spacial score (nSPS) is 10.3. The fourth-order valence-electron chi connectivity index (χ4n) is 2.10. The first kappa shape index (κ1) is 13.4. The molecule has 0 saturated heterocycles. The topological polar surface area (TPSA) is 38.5 Å². The quantitative estimate of drug-likeness (QED) is 0.912. The van der Waals surface area contributed by atoms with Gasteiger partial charge in [-0.3, -0.25) is 0 Å². The molecule has 0 aromatic heterocycles. The Labute approximate surface area is 114 Å². The number of methoxy groups -OCH3 is 1. The van der Waals surface area contributed by atoms with E-state index >= 15 is 0 Å². The zero-order valence-corrected chi connectivity index (χ0v) is 11.7. The number of hydrogen-bond donors (Lipinski definition) is 1. The van der Waals surface area contributed by atoms with Crippen LogP contribution in [-0.2, 0) is 6.54 Å². The molecule has 0 unspecified atom stereocenters. The van der Waals surface area contributed by atoms with Crippen molar-refractivity contribution in [3.05, 3.63) is 53.6 Å². The second kappa shape index (κ2) is 5.76. The minimum atomic E-state index is 0.538. The molecule has 3 heteroatoms. The molecular weight excluding hydrogens is 236 g/mol. The van der Waals surface area contributed by atoms with Gasteiger partial charge in [-0.05, 0) is 48.4 Å². The first-order valence-corrected chi connectivity index (χ1v) is 6.33. The van der Waals surface area contributed by atoms with E-state index in [1.54, 1.807) is 7.11 Å². The number of nitrogens with zero attached hydrogens (tertiary/aromatic N) is 1. The number of nitrogens with two attached hydrogens (primary N) is 1. The van der Waals surface area contributed by atoms with Gasteiger partial charge in [-0.2, -0.15) is 0 Å². The van der Waals surface area contributed by atoms with Crippen molar-refractivity contribution >= 4 is 11.4 Å². The highest BCUT2D eigenvalue weighted by molar-refractivity contribution is 5.67. The van der Waals surface area contributed by atoms with Crippen molar-refractivity contribution in [1.82, 2.24) is 0 Å². The predicted octanol–water partition coefficient (Wildman–Crippen LogP) is 3.23. The van der Waals surface area contributed by atoms with E-state index < -0.39 is 0 Å². The van der Waals surface area contributed by atoms with E-state index in [4.69, 9.17) is 10.5 Å². The summed E-state index contributed by atoms with van der Waals surface area (Å²) >= 11 is 0. The van der Waals surface area contributed by atoms with Gasteiger partial charge in [-0.25, -0.2) is 0 Å². The Bertz CT molecular complexity index is 549. The van der Waals surface area contributed by atoms with E-state index in [9.17, 15) is 0 Å². The van der Waals surface area contributed by atoms with Crippen LogP contribution in [0.3, 0.4) is 0 Å². The van der Waals surface area contributed by atoms with Gasteiger partial charge in [0.15, 0.2) is 0 Å². The fourth-order valence-corrected chi connectivity index (χ4v) is 2.10. The standard InChI is InChI=1S/C16H20N2O/c1-12-4-5-13(11-17)16(10-12)18(2)14-6-8-15(19-3)9-7-14/h4-10H,11,17H2,1-3H3. The minimum absolute atomic E-state index is 0.538. The largest absolute Gasteiger partial charge is 0.497 e. The van der Waals surface area contributed by atoms with Crippen LogP contribution in [0.2, 0.25) is 0 Å². The molecule has 0 spiro atoms. The molecule has 2 N–H and O–H groups in total. The molecule has 0 aliphatic rings. The van der Waals surface area contributed by atoms with Crippen LogP contribution in [0, 0.1) is 6.92 Å². The average Bonchev–Trinajstić information content (AvgIpc) is 2.46.